The molecule has 0 fully saturated rings. The van der Waals surface area contributed by atoms with E-state index in [4.69, 9.17) is 5.10 Å². The van der Waals surface area contributed by atoms with Gasteiger partial charge in [-0.05, 0) is 29.3 Å². The first kappa shape index (κ1) is 21.7. The Morgan fingerprint density at radius 2 is 1.58 bits per heavy atom. The SMILES string of the molecule is CC(=O)NC1=C(c2ccc3ncccc3c2)C(=O)n2nc(-c3ccccc3)c(-c3ccccc3)c2C1. The third-order valence-corrected chi connectivity index (χ3v) is 6.36. The number of rotatable bonds is 4. The number of hydrogen-bond acceptors (Lipinski definition) is 4. The molecule has 0 bridgehead atoms. The third kappa shape index (κ3) is 3.69. The van der Waals surface area contributed by atoms with Crippen LogP contribution in [0.25, 0.3) is 38.9 Å². The summed E-state index contributed by atoms with van der Waals surface area (Å²) in [5.41, 5.74) is 6.82. The molecule has 0 saturated carbocycles. The minimum atomic E-state index is -0.275. The van der Waals surface area contributed by atoms with Crippen LogP contribution in [0.3, 0.4) is 0 Å². The number of aromatic nitrogens is 3. The highest BCUT2D eigenvalue weighted by atomic mass is 16.2. The molecule has 1 N–H and O–H groups in total. The lowest BCUT2D eigenvalue weighted by atomic mass is 9.92. The zero-order valence-electron chi connectivity index (χ0n) is 19.6. The second-order valence-corrected chi connectivity index (χ2v) is 8.74. The van der Waals surface area contributed by atoms with Crippen LogP contribution in [0.1, 0.15) is 23.0 Å². The molecule has 3 heterocycles. The molecule has 1 aliphatic heterocycles. The highest BCUT2D eigenvalue weighted by molar-refractivity contribution is 6.23. The zero-order valence-corrected chi connectivity index (χ0v) is 19.6. The molecular weight excluding hydrogens is 448 g/mol. The van der Waals surface area contributed by atoms with E-state index in [2.05, 4.69) is 10.3 Å². The smallest absolute Gasteiger partial charge is 0.280 e. The first-order valence-corrected chi connectivity index (χ1v) is 11.7. The van der Waals surface area contributed by atoms with Gasteiger partial charge < -0.3 is 5.32 Å². The van der Waals surface area contributed by atoms with Gasteiger partial charge in [-0.1, -0.05) is 72.8 Å². The topological polar surface area (TPSA) is 76.9 Å². The summed E-state index contributed by atoms with van der Waals surface area (Å²) < 4.78 is 1.50. The highest BCUT2D eigenvalue weighted by Crippen LogP contribution is 2.39. The number of pyridine rings is 1. The van der Waals surface area contributed by atoms with Crippen LogP contribution >= 0.6 is 0 Å². The van der Waals surface area contributed by atoms with Gasteiger partial charge in [0, 0.05) is 41.8 Å². The van der Waals surface area contributed by atoms with Gasteiger partial charge in [0.1, 0.15) is 5.69 Å². The van der Waals surface area contributed by atoms with Crippen LogP contribution in [0.4, 0.5) is 0 Å². The minimum absolute atomic E-state index is 0.227. The zero-order chi connectivity index (χ0) is 24.6. The molecule has 0 aliphatic carbocycles. The van der Waals surface area contributed by atoms with E-state index >= 15 is 0 Å². The number of hydrogen-bond donors (Lipinski definition) is 1. The first-order chi connectivity index (χ1) is 17.6. The molecule has 174 valence electrons. The second-order valence-electron chi connectivity index (χ2n) is 8.74. The van der Waals surface area contributed by atoms with Gasteiger partial charge in [0.15, 0.2) is 0 Å². The van der Waals surface area contributed by atoms with Gasteiger partial charge >= 0.3 is 0 Å². The van der Waals surface area contributed by atoms with Crippen molar-refractivity contribution in [2.45, 2.75) is 13.3 Å². The van der Waals surface area contributed by atoms with Crippen molar-refractivity contribution in [3.63, 3.8) is 0 Å². The van der Waals surface area contributed by atoms with E-state index in [0.717, 1.165) is 39.0 Å². The molecule has 6 rings (SSSR count). The molecule has 0 saturated heterocycles. The molecule has 0 atom stereocenters. The average Bonchev–Trinajstić information content (AvgIpc) is 3.29. The predicted octanol–water partition coefficient (Wildman–Crippen LogP) is 5.51. The Balaban J connectivity index is 1.58. The van der Waals surface area contributed by atoms with Gasteiger partial charge in [-0.15, -0.1) is 0 Å². The monoisotopic (exact) mass is 470 g/mol. The summed E-state index contributed by atoms with van der Waals surface area (Å²) in [5.74, 6) is -0.502. The van der Waals surface area contributed by atoms with Crippen molar-refractivity contribution >= 4 is 28.3 Å². The van der Waals surface area contributed by atoms with Crippen LogP contribution in [0.15, 0.2) is 103 Å². The Hall–Kier alpha value is -4.84. The van der Waals surface area contributed by atoms with Crippen LogP contribution < -0.4 is 5.32 Å². The number of carbonyl (C=O) groups is 2. The highest BCUT2D eigenvalue weighted by Gasteiger charge is 2.33. The normalized spacial score (nSPS) is 13.1. The van der Waals surface area contributed by atoms with Crippen LogP contribution in [-0.4, -0.2) is 26.6 Å². The maximum Gasteiger partial charge on any atom is 0.280 e. The Morgan fingerprint density at radius 3 is 2.31 bits per heavy atom. The standard InChI is InChI=1S/C30H22N4O2/c1-19(35)32-25-18-26-28(20-9-4-2-5-10-20)29(21-11-6-3-7-12-21)33-34(26)30(36)27(25)23-14-15-24-22(17-23)13-8-16-31-24/h2-17H,18H2,1H3,(H,32,35). The number of nitrogens with one attached hydrogen (secondary N) is 1. The fourth-order valence-corrected chi connectivity index (χ4v) is 4.83. The number of allylic oxidation sites excluding steroid dienone is 2. The molecule has 3 aromatic carbocycles. The van der Waals surface area contributed by atoms with Gasteiger partial charge in [0.05, 0.1) is 16.8 Å². The van der Waals surface area contributed by atoms with Crippen molar-refractivity contribution in [3.8, 4) is 22.4 Å². The summed E-state index contributed by atoms with van der Waals surface area (Å²) in [6.07, 6.45) is 2.10. The van der Waals surface area contributed by atoms with Crippen molar-refractivity contribution in [2.24, 2.45) is 0 Å². The van der Waals surface area contributed by atoms with Crippen molar-refractivity contribution in [1.29, 1.82) is 0 Å². The summed E-state index contributed by atoms with van der Waals surface area (Å²) in [6.45, 7) is 1.46. The van der Waals surface area contributed by atoms with Gasteiger partial charge in [0.2, 0.25) is 5.91 Å². The first-order valence-electron chi connectivity index (χ1n) is 11.7. The van der Waals surface area contributed by atoms with Crippen LogP contribution in [-0.2, 0) is 11.2 Å². The molecule has 6 nitrogen and oxygen atoms in total. The second kappa shape index (κ2) is 8.74. The molecule has 0 radical (unpaired) electrons. The summed E-state index contributed by atoms with van der Waals surface area (Å²) in [4.78, 5) is 30.6. The predicted molar refractivity (Wildman–Crippen MR) is 140 cm³/mol. The average molecular weight is 471 g/mol. The Morgan fingerprint density at radius 1 is 0.861 bits per heavy atom. The van der Waals surface area contributed by atoms with E-state index < -0.39 is 0 Å². The van der Waals surface area contributed by atoms with Crippen molar-refractivity contribution in [2.75, 3.05) is 0 Å². The maximum absolute atomic E-state index is 14.0. The molecule has 0 spiro atoms. The number of nitrogens with zero attached hydrogens (tertiary/aromatic N) is 3. The van der Waals surface area contributed by atoms with Crippen LogP contribution in [0.5, 0.6) is 0 Å². The molecule has 1 amide bonds. The van der Waals surface area contributed by atoms with Crippen LogP contribution in [0.2, 0.25) is 0 Å². The summed E-state index contributed by atoms with van der Waals surface area (Å²) in [7, 11) is 0. The van der Waals surface area contributed by atoms with Crippen molar-refractivity contribution in [3.05, 3.63) is 114 Å². The number of amides is 1. The Bertz CT molecular complexity index is 1670. The minimum Gasteiger partial charge on any atom is -0.329 e. The summed E-state index contributed by atoms with van der Waals surface area (Å²) in [6, 6.07) is 29.3. The van der Waals surface area contributed by atoms with Crippen molar-refractivity contribution < 1.29 is 9.59 Å². The van der Waals surface area contributed by atoms with Crippen molar-refractivity contribution in [1.82, 2.24) is 20.1 Å². The van der Waals surface area contributed by atoms with Gasteiger partial charge in [-0.2, -0.15) is 9.78 Å². The Labute approximate surface area is 207 Å². The van der Waals surface area contributed by atoms with Crippen LogP contribution in [0, 0.1) is 0 Å². The van der Waals surface area contributed by atoms with E-state index in [9.17, 15) is 9.59 Å². The Kier molecular flexibility index (Phi) is 5.26. The number of fused-ring (bicyclic) bond motifs is 2. The fraction of sp³-hybridized carbons (Fsp3) is 0.0667. The fourth-order valence-electron chi connectivity index (χ4n) is 4.83. The molecule has 6 heteroatoms. The molecule has 2 aromatic heterocycles. The van der Waals surface area contributed by atoms with Gasteiger partial charge in [-0.3, -0.25) is 14.6 Å². The lowest BCUT2D eigenvalue weighted by Gasteiger charge is -2.22. The molecule has 1 aliphatic rings. The van der Waals surface area contributed by atoms with Gasteiger partial charge in [-0.25, -0.2) is 0 Å². The summed E-state index contributed by atoms with van der Waals surface area (Å²) >= 11 is 0. The number of carbonyl (C=O) groups excluding carboxylic acids is 2. The summed E-state index contributed by atoms with van der Waals surface area (Å²) in [5, 5.41) is 8.69. The van der Waals surface area contributed by atoms with E-state index in [0.29, 0.717) is 23.3 Å². The van der Waals surface area contributed by atoms with E-state index in [-0.39, 0.29) is 11.8 Å². The van der Waals surface area contributed by atoms with E-state index in [1.165, 1.54) is 11.6 Å². The maximum atomic E-state index is 14.0. The van der Waals surface area contributed by atoms with E-state index in [1.807, 2.05) is 91.0 Å². The molecule has 5 aromatic rings. The quantitative estimate of drug-likeness (QED) is 0.376. The lowest BCUT2D eigenvalue weighted by Crippen LogP contribution is -2.31. The molecular formula is C30H22N4O2. The third-order valence-electron chi connectivity index (χ3n) is 6.36. The van der Waals surface area contributed by atoms with Gasteiger partial charge in [0.25, 0.3) is 5.91 Å². The lowest BCUT2D eigenvalue weighted by molar-refractivity contribution is -0.118. The van der Waals surface area contributed by atoms with E-state index in [1.54, 1.807) is 6.20 Å². The molecule has 36 heavy (non-hydrogen) atoms. The molecule has 0 unspecified atom stereocenters. The largest absolute Gasteiger partial charge is 0.329 e. The number of benzene rings is 3.